The number of anilines is 2. The maximum Gasteiger partial charge on any atom is 0.295 e. The first-order chi connectivity index (χ1) is 18.0. The van der Waals surface area contributed by atoms with E-state index in [0.29, 0.717) is 17.3 Å². The fourth-order valence-electron chi connectivity index (χ4n) is 4.09. The average Bonchev–Trinajstić information content (AvgIpc) is 2.82. The van der Waals surface area contributed by atoms with Gasteiger partial charge >= 0.3 is 0 Å². The first-order valence-electron chi connectivity index (χ1n) is 10.8. The quantitative estimate of drug-likeness (QED) is 0.161. The summed E-state index contributed by atoms with van der Waals surface area (Å²) in [4.78, 5) is 9.84. The first kappa shape index (κ1) is 28.2. The number of benzene rings is 4. The lowest BCUT2D eigenvalue weighted by atomic mass is 9.96. The van der Waals surface area contributed by atoms with Crippen LogP contribution in [0, 0.1) is 6.92 Å². The predicted molar refractivity (Wildman–Crippen MR) is 142 cm³/mol. The summed E-state index contributed by atoms with van der Waals surface area (Å²) >= 11 is 0. The maximum absolute atomic E-state index is 12.8. The number of nitrogens with two attached hydrogens (primary N) is 1. The van der Waals surface area contributed by atoms with E-state index in [1.807, 2.05) is 0 Å². The molecule has 15 heteroatoms. The Kier molecular flexibility index (Phi) is 7.01. The minimum atomic E-state index is -5.27. The van der Waals surface area contributed by atoms with Crippen molar-refractivity contribution in [1.82, 2.24) is 0 Å². The van der Waals surface area contributed by atoms with E-state index in [4.69, 9.17) is 5.73 Å². The second kappa shape index (κ2) is 9.71. The van der Waals surface area contributed by atoms with E-state index in [1.165, 1.54) is 30.3 Å². The van der Waals surface area contributed by atoms with Crippen molar-refractivity contribution in [2.45, 2.75) is 21.6 Å². The van der Waals surface area contributed by atoms with Crippen LogP contribution in [0.2, 0.25) is 0 Å². The molecule has 0 aromatic heterocycles. The molecule has 0 saturated carbocycles. The zero-order valence-electron chi connectivity index (χ0n) is 19.9. The molecule has 4 aromatic carbocycles. The number of nitrogens with one attached hydrogen (secondary N) is 1. The van der Waals surface area contributed by atoms with Gasteiger partial charge in [-0.15, -0.1) is 0 Å². The summed E-state index contributed by atoms with van der Waals surface area (Å²) in [6.07, 6.45) is 0. The van der Waals surface area contributed by atoms with Crippen LogP contribution in [-0.2, 0) is 30.4 Å². The van der Waals surface area contributed by atoms with E-state index in [0.717, 1.165) is 18.2 Å². The minimum Gasteiger partial charge on any atom is -0.399 e. The van der Waals surface area contributed by atoms with Gasteiger partial charge in [0.2, 0.25) is 0 Å². The van der Waals surface area contributed by atoms with Crippen LogP contribution in [-0.4, -0.2) is 44.8 Å². The Morgan fingerprint density at radius 1 is 0.744 bits per heavy atom. The molecule has 4 aromatic rings. The summed E-state index contributed by atoms with van der Waals surface area (Å²) in [5, 5.41) is 1.57. The first-order valence-corrected chi connectivity index (χ1v) is 15.1. The van der Waals surface area contributed by atoms with Crippen LogP contribution in [0.3, 0.4) is 0 Å². The highest BCUT2D eigenvalue weighted by atomic mass is 32.2. The Labute approximate surface area is 223 Å². The third-order valence-electron chi connectivity index (χ3n) is 5.81. The summed E-state index contributed by atoms with van der Waals surface area (Å²) in [5.41, 5.74) is 6.32. The van der Waals surface area contributed by atoms with E-state index in [9.17, 15) is 43.7 Å². The molecule has 0 aliphatic heterocycles. The average molecular weight is 593 g/mol. The molecular formula is C24H20N2O10S3. The van der Waals surface area contributed by atoms with Gasteiger partial charge in [0.25, 0.3) is 36.3 Å². The van der Waals surface area contributed by atoms with E-state index < -0.39 is 67.3 Å². The van der Waals surface area contributed by atoms with Crippen molar-refractivity contribution in [2.24, 2.45) is 0 Å². The van der Waals surface area contributed by atoms with Gasteiger partial charge < -0.3 is 11.1 Å². The highest BCUT2D eigenvalue weighted by Gasteiger charge is 2.30. The predicted octanol–water partition coefficient (Wildman–Crippen LogP) is 3.39. The number of hydrogen-bond donors (Lipinski definition) is 5. The topological polar surface area (TPSA) is 218 Å². The van der Waals surface area contributed by atoms with E-state index in [2.05, 4.69) is 5.32 Å². The molecular weight excluding hydrogens is 572 g/mol. The molecule has 0 fully saturated rings. The van der Waals surface area contributed by atoms with Gasteiger partial charge in [0, 0.05) is 33.3 Å². The lowest BCUT2D eigenvalue weighted by molar-refractivity contribution is 0.102. The van der Waals surface area contributed by atoms with Crippen LogP contribution in [0.5, 0.6) is 0 Å². The Balaban J connectivity index is 2.10. The number of nitrogen functional groups attached to an aromatic ring is 1. The molecule has 1 amide bonds. The SMILES string of the molecule is Cc1ccc(-c2c(S(=O)(=O)O)cc(S(=O)(=O)O)c3cccc(S(=O)(=O)O)c23)cc1NC(=O)c1cccc(N)c1. The number of aryl methyl sites for hydroxylation is 1. The summed E-state index contributed by atoms with van der Waals surface area (Å²) in [6, 6.07) is 13.6. The van der Waals surface area contributed by atoms with Crippen molar-refractivity contribution in [2.75, 3.05) is 11.1 Å². The van der Waals surface area contributed by atoms with Gasteiger partial charge in [-0.2, -0.15) is 25.3 Å². The summed E-state index contributed by atoms with van der Waals surface area (Å²) in [7, 11) is -15.5. The summed E-state index contributed by atoms with van der Waals surface area (Å²) in [6.45, 7) is 1.62. The Morgan fingerprint density at radius 2 is 1.36 bits per heavy atom. The second-order valence-electron chi connectivity index (χ2n) is 8.46. The van der Waals surface area contributed by atoms with E-state index in [1.54, 1.807) is 19.1 Å². The van der Waals surface area contributed by atoms with Crippen molar-refractivity contribution in [3.05, 3.63) is 77.9 Å². The van der Waals surface area contributed by atoms with Crippen molar-refractivity contribution in [3.63, 3.8) is 0 Å². The zero-order chi connectivity index (χ0) is 28.9. The number of hydrogen-bond acceptors (Lipinski definition) is 8. The minimum absolute atomic E-state index is 0.0842. The second-order valence-corrected chi connectivity index (χ2v) is 12.6. The fraction of sp³-hybridized carbons (Fsp3) is 0.0417. The largest absolute Gasteiger partial charge is 0.399 e. The smallest absolute Gasteiger partial charge is 0.295 e. The molecule has 0 heterocycles. The molecule has 0 saturated heterocycles. The molecule has 6 N–H and O–H groups in total. The van der Waals surface area contributed by atoms with Crippen molar-refractivity contribution >= 4 is 58.4 Å². The summed E-state index contributed by atoms with van der Waals surface area (Å²) in [5.74, 6) is -0.581. The fourth-order valence-corrected chi connectivity index (χ4v) is 6.35. The molecule has 0 aliphatic rings. The number of rotatable bonds is 6. The van der Waals surface area contributed by atoms with Gasteiger partial charge in [0.05, 0.1) is 0 Å². The van der Waals surface area contributed by atoms with Crippen LogP contribution < -0.4 is 11.1 Å². The molecule has 0 bridgehead atoms. The van der Waals surface area contributed by atoms with Gasteiger partial charge in [0.15, 0.2) is 0 Å². The van der Waals surface area contributed by atoms with Crippen molar-refractivity contribution in [3.8, 4) is 11.1 Å². The highest BCUT2D eigenvalue weighted by molar-refractivity contribution is 7.87. The van der Waals surface area contributed by atoms with Gasteiger partial charge in [-0.3, -0.25) is 18.5 Å². The van der Waals surface area contributed by atoms with Crippen molar-refractivity contribution < 1.29 is 43.7 Å². The van der Waals surface area contributed by atoms with Crippen molar-refractivity contribution in [1.29, 1.82) is 0 Å². The molecule has 0 spiro atoms. The van der Waals surface area contributed by atoms with Gasteiger partial charge in [0.1, 0.15) is 14.7 Å². The van der Waals surface area contributed by atoms with Gasteiger partial charge in [-0.25, -0.2) is 0 Å². The monoisotopic (exact) mass is 592 g/mol. The highest BCUT2D eigenvalue weighted by Crippen LogP contribution is 2.42. The molecule has 0 atom stereocenters. The Morgan fingerprint density at radius 3 is 1.95 bits per heavy atom. The molecule has 4 rings (SSSR count). The molecule has 204 valence electrons. The van der Waals surface area contributed by atoms with E-state index >= 15 is 0 Å². The molecule has 0 unspecified atom stereocenters. The Bertz CT molecular complexity index is 2000. The van der Waals surface area contributed by atoms with Crippen LogP contribution in [0.4, 0.5) is 11.4 Å². The normalized spacial score (nSPS) is 12.4. The number of carbonyl (C=O) groups is 1. The number of amides is 1. The van der Waals surface area contributed by atoms with Gasteiger partial charge in [-0.1, -0.05) is 30.3 Å². The van der Waals surface area contributed by atoms with Crippen LogP contribution >= 0.6 is 0 Å². The standard InChI is InChI=1S/C24H20N2O10S3/c1-13-8-9-14(11-18(13)26-24(27)15-4-2-5-16(25)10-15)22-21(39(34,35)36)12-20(38(31,32)33)17-6-3-7-19(23(17)22)37(28,29)30/h2-12H,25H2,1H3,(H,26,27)(H,28,29,30)(H,31,32,33)(H,34,35,36). The molecule has 0 aliphatic carbocycles. The Hall–Kier alpha value is -3.86. The van der Waals surface area contributed by atoms with Crippen LogP contribution in [0.15, 0.2) is 81.4 Å². The molecule has 0 radical (unpaired) electrons. The third kappa shape index (κ3) is 5.63. The number of fused-ring (bicyclic) bond motifs is 1. The van der Waals surface area contributed by atoms with Gasteiger partial charge in [-0.05, 0) is 54.4 Å². The third-order valence-corrected chi connectivity index (χ3v) is 8.47. The number of carbonyl (C=O) groups excluding carboxylic acids is 1. The maximum atomic E-state index is 12.8. The molecule has 39 heavy (non-hydrogen) atoms. The van der Waals surface area contributed by atoms with Crippen LogP contribution in [0.1, 0.15) is 15.9 Å². The zero-order valence-corrected chi connectivity index (χ0v) is 22.3. The lowest BCUT2D eigenvalue weighted by Gasteiger charge is -2.18. The lowest BCUT2D eigenvalue weighted by Crippen LogP contribution is -2.13. The molecule has 12 nitrogen and oxygen atoms in total. The van der Waals surface area contributed by atoms with E-state index in [-0.39, 0.29) is 16.8 Å². The summed E-state index contributed by atoms with van der Waals surface area (Å²) < 4.78 is 103. The van der Waals surface area contributed by atoms with Crippen LogP contribution in [0.25, 0.3) is 21.9 Å².